The fourth-order valence-corrected chi connectivity index (χ4v) is 6.41. The highest BCUT2D eigenvalue weighted by molar-refractivity contribution is 7.91. The van der Waals surface area contributed by atoms with E-state index in [1.807, 2.05) is 0 Å². The van der Waals surface area contributed by atoms with Crippen LogP contribution in [-0.4, -0.2) is 71.1 Å². The van der Waals surface area contributed by atoms with Crippen molar-refractivity contribution in [3.05, 3.63) is 54.5 Å². The summed E-state index contributed by atoms with van der Waals surface area (Å²) in [5.74, 6) is -2.25. The van der Waals surface area contributed by atoms with E-state index in [1.54, 1.807) is 0 Å². The van der Waals surface area contributed by atoms with Crippen LogP contribution in [0.4, 0.5) is 29.1 Å². The van der Waals surface area contributed by atoms with E-state index in [4.69, 9.17) is 16.2 Å². The Labute approximate surface area is 231 Å². The van der Waals surface area contributed by atoms with Crippen molar-refractivity contribution in [3.8, 4) is 17.0 Å². The number of pyridine rings is 1. The first-order valence-electron chi connectivity index (χ1n) is 12.2. The van der Waals surface area contributed by atoms with Gasteiger partial charge in [-0.25, -0.2) is 40.9 Å². The number of aliphatic hydroxyl groups is 1. The number of ether oxygens (including phenoxy) is 1. The molecule has 0 radical (unpaired) electrons. The molecule has 5 N–H and O–H groups in total. The number of nitrogen functional groups attached to an aromatic ring is 1. The van der Waals surface area contributed by atoms with Gasteiger partial charge in [-0.15, -0.1) is 0 Å². The molecule has 0 saturated carbocycles. The maximum absolute atomic E-state index is 15.0. The molecule has 16 heteroatoms. The molecule has 1 saturated heterocycles. The van der Waals surface area contributed by atoms with Gasteiger partial charge in [0.2, 0.25) is 9.84 Å². The van der Waals surface area contributed by atoms with Crippen molar-refractivity contribution in [1.82, 2.24) is 19.4 Å². The number of sulfone groups is 1. The summed E-state index contributed by atoms with van der Waals surface area (Å²) in [7, 11) is -3.43. The molecule has 1 aliphatic rings. The van der Waals surface area contributed by atoms with E-state index in [0.717, 1.165) is 25.4 Å². The van der Waals surface area contributed by atoms with E-state index in [0.29, 0.717) is 0 Å². The molecule has 0 aliphatic carbocycles. The largest absolute Gasteiger partial charge is 0.494 e. The normalized spacial score (nSPS) is 18.7. The van der Waals surface area contributed by atoms with E-state index in [-0.39, 0.29) is 65.1 Å². The number of rotatable bonds is 7. The summed E-state index contributed by atoms with van der Waals surface area (Å²) in [4.78, 5) is 13.6. The maximum atomic E-state index is 15.0. The van der Waals surface area contributed by atoms with Crippen molar-refractivity contribution in [2.24, 2.45) is 5.73 Å². The average molecular weight is 596 g/mol. The fraction of sp³-hybridized carbons (Fsp3) is 0.320. The van der Waals surface area contributed by atoms with Crippen LogP contribution in [0.15, 0.2) is 52.9 Å². The number of alkyl halides is 2. The Kier molecular flexibility index (Phi) is 7.25. The molecular weight excluding hydrogens is 570 g/mol. The van der Waals surface area contributed by atoms with Gasteiger partial charge in [0.1, 0.15) is 11.9 Å². The molecule has 11 nitrogen and oxygen atoms in total. The van der Waals surface area contributed by atoms with Crippen molar-refractivity contribution >= 4 is 27.0 Å². The second-order valence-corrected chi connectivity index (χ2v) is 11.4. The number of aromatic nitrogens is 4. The lowest BCUT2D eigenvalue weighted by Gasteiger charge is -2.43. The Bertz CT molecular complexity index is 1740. The number of halogens is 4. The van der Waals surface area contributed by atoms with Gasteiger partial charge >= 0.3 is 0 Å². The molecule has 4 heterocycles. The van der Waals surface area contributed by atoms with E-state index >= 15 is 0 Å². The number of hydrogen-bond donors (Lipinski definition) is 3. The van der Waals surface area contributed by atoms with Gasteiger partial charge in [0.15, 0.2) is 33.1 Å². The number of benzene rings is 1. The SMILES string of the molecule is COc1cc(F)c(-c2ccc(N3CCC[C@](N)([C@H](O)C(F)F)C3)c(S(=O)(=O)c3cnc4c(N)nccn34)n2)cc1F. The summed E-state index contributed by atoms with van der Waals surface area (Å²) in [6, 6.07) is 4.19. The summed E-state index contributed by atoms with van der Waals surface area (Å²) in [6.45, 7) is -0.147. The topological polar surface area (TPSA) is 162 Å². The lowest BCUT2D eigenvalue weighted by atomic mass is 9.84. The molecule has 2 atom stereocenters. The van der Waals surface area contributed by atoms with E-state index in [2.05, 4.69) is 15.0 Å². The summed E-state index contributed by atoms with van der Waals surface area (Å²) < 4.78 is 90.6. The molecule has 4 aromatic rings. The first kappa shape index (κ1) is 28.5. The van der Waals surface area contributed by atoms with E-state index < -0.39 is 44.6 Å². The zero-order valence-electron chi connectivity index (χ0n) is 21.5. The number of aliphatic hydroxyl groups excluding tert-OH is 1. The van der Waals surface area contributed by atoms with Gasteiger partial charge < -0.3 is 26.2 Å². The quantitative estimate of drug-likeness (QED) is 0.271. The number of fused-ring (bicyclic) bond motifs is 1. The van der Waals surface area contributed by atoms with E-state index in [9.17, 15) is 31.1 Å². The third kappa shape index (κ3) is 4.91. The van der Waals surface area contributed by atoms with Crippen molar-refractivity contribution in [3.63, 3.8) is 0 Å². The average Bonchev–Trinajstić information content (AvgIpc) is 3.40. The Hall–Kier alpha value is -4.02. The number of anilines is 2. The predicted molar refractivity (Wildman–Crippen MR) is 139 cm³/mol. The molecule has 218 valence electrons. The summed E-state index contributed by atoms with van der Waals surface area (Å²) in [5, 5.41) is 9.18. The predicted octanol–water partition coefficient (Wildman–Crippen LogP) is 2.42. The Morgan fingerprint density at radius 2 is 1.93 bits per heavy atom. The first-order valence-corrected chi connectivity index (χ1v) is 13.7. The Morgan fingerprint density at radius 3 is 2.63 bits per heavy atom. The van der Waals surface area contributed by atoms with Crippen LogP contribution >= 0.6 is 0 Å². The minimum Gasteiger partial charge on any atom is -0.494 e. The van der Waals surface area contributed by atoms with Gasteiger partial charge in [-0.05, 0) is 31.0 Å². The van der Waals surface area contributed by atoms with Crippen LogP contribution in [0.1, 0.15) is 12.8 Å². The number of hydrogen-bond acceptors (Lipinski definition) is 10. The van der Waals surface area contributed by atoms with Gasteiger partial charge in [0, 0.05) is 37.1 Å². The first-order chi connectivity index (χ1) is 19.4. The van der Waals surface area contributed by atoms with Crippen molar-refractivity contribution in [2.45, 2.75) is 41.0 Å². The number of nitrogens with zero attached hydrogens (tertiary/aromatic N) is 5. The molecule has 0 unspecified atom stereocenters. The highest BCUT2D eigenvalue weighted by Gasteiger charge is 2.44. The zero-order valence-corrected chi connectivity index (χ0v) is 22.3. The van der Waals surface area contributed by atoms with Crippen LogP contribution in [0.2, 0.25) is 0 Å². The molecule has 0 bridgehead atoms. The minimum atomic E-state index is -4.59. The maximum Gasteiger partial charge on any atom is 0.265 e. The van der Waals surface area contributed by atoms with Crippen molar-refractivity contribution in [2.75, 3.05) is 30.8 Å². The number of methoxy groups -OCH3 is 1. The van der Waals surface area contributed by atoms with Gasteiger partial charge in [-0.3, -0.25) is 4.40 Å². The van der Waals surface area contributed by atoms with Crippen molar-refractivity contribution < 1.29 is 35.8 Å². The molecule has 5 rings (SSSR count). The summed E-state index contributed by atoms with van der Waals surface area (Å²) >= 11 is 0. The minimum absolute atomic E-state index is 0.0448. The number of nitrogens with two attached hydrogens (primary N) is 2. The Balaban J connectivity index is 1.70. The highest BCUT2D eigenvalue weighted by atomic mass is 32.2. The molecule has 1 aliphatic heterocycles. The molecule has 1 aromatic carbocycles. The molecule has 41 heavy (non-hydrogen) atoms. The van der Waals surface area contributed by atoms with Gasteiger partial charge in [-0.2, -0.15) is 0 Å². The second-order valence-electron chi connectivity index (χ2n) is 9.63. The monoisotopic (exact) mass is 595 g/mol. The van der Waals surface area contributed by atoms with Crippen LogP contribution in [0, 0.1) is 11.6 Å². The summed E-state index contributed by atoms with van der Waals surface area (Å²) in [5.41, 5.74) is 9.68. The standard InChI is InChI=1S/C25H25F4N7O4S/c1-40-18-10-14(26)13(9-15(18)27)16-3-4-17(35-7-2-5-25(31,12-35)20(37)21(28)29)24(34-16)41(38,39)19-11-33-23-22(30)32-6-8-36(19)23/h3-4,6,8-11,20-21,37H,2,5,7,12,31H2,1H3,(H2,30,32)/t20-,25-/m1/s1. The second kappa shape index (κ2) is 10.4. The zero-order chi connectivity index (χ0) is 29.7. The summed E-state index contributed by atoms with van der Waals surface area (Å²) in [6.07, 6.45) is -1.38. The fourth-order valence-electron chi connectivity index (χ4n) is 4.93. The molecule has 3 aromatic heterocycles. The van der Waals surface area contributed by atoms with Gasteiger partial charge in [-0.1, -0.05) is 0 Å². The van der Waals surface area contributed by atoms with Crippen LogP contribution in [0.5, 0.6) is 5.75 Å². The van der Waals surface area contributed by atoms with Crippen LogP contribution in [0.25, 0.3) is 16.9 Å². The molecular formula is C25H25F4N7O4S. The van der Waals surface area contributed by atoms with Crippen LogP contribution in [-0.2, 0) is 9.84 Å². The van der Waals surface area contributed by atoms with Crippen molar-refractivity contribution in [1.29, 1.82) is 0 Å². The third-order valence-corrected chi connectivity index (χ3v) is 8.70. The van der Waals surface area contributed by atoms with Crippen LogP contribution in [0.3, 0.4) is 0 Å². The number of imidazole rings is 1. The third-order valence-electron chi connectivity index (χ3n) is 7.03. The lowest BCUT2D eigenvalue weighted by molar-refractivity contribution is -0.0529. The Morgan fingerprint density at radius 1 is 1.17 bits per heavy atom. The van der Waals surface area contributed by atoms with Crippen LogP contribution < -0.4 is 21.1 Å². The van der Waals surface area contributed by atoms with E-state index in [1.165, 1.54) is 33.8 Å². The molecule has 0 amide bonds. The molecule has 1 fully saturated rings. The number of piperidine rings is 1. The van der Waals surface area contributed by atoms with Gasteiger partial charge in [0.25, 0.3) is 6.43 Å². The molecule has 0 spiro atoms. The highest BCUT2D eigenvalue weighted by Crippen LogP contribution is 2.37. The lowest BCUT2D eigenvalue weighted by Crippen LogP contribution is -2.63. The van der Waals surface area contributed by atoms with Gasteiger partial charge in [0.05, 0.1) is 30.2 Å². The smallest absolute Gasteiger partial charge is 0.265 e.